The molecule has 1 aliphatic heterocycles. The first kappa shape index (κ1) is 17.8. The summed E-state index contributed by atoms with van der Waals surface area (Å²) < 4.78 is 12.1. The van der Waals surface area contributed by atoms with Crippen molar-refractivity contribution < 1.29 is 19.4 Å². The molecular formula is C18H22N2O4S. The first-order valence-corrected chi connectivity index (χ1v) is 9.12. The van der Waals surface area contributed by atoms with Gasteiger partial charge in [-0.25, -0.2) is 0 Å². The van der Waals surface area contributed by atoms with E-state index in [2.05, 4.69) is 10.3 Å². The quantitative estimate of drug-likeness (QED) is 0.788. The summed E-state index contributed by atoms with van der Waals surface area (Å²) in [6, 6.07) is 5.07. The molecular weight excluding hydrogens is 340 g/mol. The van der Waals surface area contributed by atoms with E-state index in [1.54, 1.807) is 30.8 Å². The molecule has 3 heterocycles. The molecule has 0 bridgehead atoms. The molecule has 2 aromatic heterocycles. The molecule has 0 radical (unpaired) electrons. The second kappa shape index (κ2) is 7.95. The van der Waals surface area contributed by atoms with Gasteiger partial charge in [-0.2, -0.15) is 0 Å². The minimum Gasteiger partial charge on any atom is -0.488 e. The molecule has 4 atom stereocenters. The number of carbonyl (C=O) groups is 1. The number of aliphatic carboxylic acids is 1. The van der Waals surface area contributed by atoms with Crippen molar-refractivity contribution in [2.45, 2.75) is 38.2 Å². The molecule has 6 nitrogen and oxygen atoms in total. The molecule has 7 heteroatoms. The molecule has 1 saturated heterocycles. The largest absolute Gasteiger partial charge is 0.488 e. The summed E-state index contributed by atoms with van der Waals surface area (Å²) in [6.07, 6.45) is 3.76. The number of likely N-dealkylation sites (N-methyl/N-ethyl adjacent to an activating group) is 1. The monoisotopic (exact) mass is 362 g/mol. The van der Waals surface area contributed by atoms with Crippen molar-refractivity contribution in [3.63, 3.8) is 0 Å². The van der Waals surface area contributed by atoms with E-state index in [1.165, 1.54) is 0 Å². The molecule has 0 aromatic carbocycles. The number of nitrogens with zero attached hydrogens (tertiary/aromatic N) is 1. The van der Waals surface area contributed by atoms with E-state index >= 15 is 0 Å². The average molecular weight is 362 g/mol. The molecule has 2 N–H and O–H groups in total. The second-order valence-corrected chi connectivity index (χ2v) is 7.15. The Morgan fingerprint density at radius 3 is 2.92 bits per heavy atom. The molecule has 25 heavy (non-hydrogen) atoms. The van der Waals surface area contributed by atoms with E-state index in [4.69, 9.17) is 9.47 Å². The number of ether oxygens (including phenoxy) is 2. The number of rotatable bonds is 7. The summed E-state index contributed by atoms with van der Waals surface area (Å²) in [5.74, 6) is 0.0602. The number of pyridine rings is 1. The van der Waals surface area contributed by atoms with E-state index in [-0.39, 0.29) is 18.1 Å². The molecule has 2 unspecified atom stereocenters. The summed E-state index contributed by atoms with van der Waals surface area (Å²) in [5.41, 5.74) is 1.05. The maximum absolute atomic E-state index is 11.4. The van der Waals surface area contributed by atoms with Crippen LogP contribution in [0.5, 0.6) is 5.75 Å². The predicted octanol–water partition coefficient (Wildman–Crippen LogP) is 2.86. The first-order chi connectivity index (χ1) is 12.1. The van der Waals surface area contributed by atoms with E-state index in [0.29, 0.717) is 6.61 Å². The minimum absolute atomic E-state index is 0.136. The Morgan fingerprint density at radius 1 is 1.48 bits per heavy atom. The highest BCUT2D eigenvalue weighted by atomic mass is 32.1. The van der Waals surface area contributed by atoms with Crippen LogP contribution in [0.25, 0.3) is 0 Å². The fourth-order valence-corrected chi connectivity index (χ4v) is 4.04. The van der Waals surface area contributed by atoms with Gasteiger partial charge in [-0.05, 0) is 48.5 Å². The van der Waals surface area contributed by atoms with Crippen LogP contribution in [0.3, 0.4) is 0 Å². The van der Waals surface area contributed by atoms with Gasteiger partial charge in [0.05, 0.1) is 17.1 Å². The van der Waals surface area contributed by atoms with Crippen LogP contribution in [0.15, 0.2) is 36.0 Å². The fraction of sp³-hybridized carbons (Fsp3) is 0.444. The van der Waals surface area contributed by atoms with Gasteiger partial charge in [0.15, 0.2) is 0 Å². The van der Waals surface area contributed by atoms with Crippen molar-refractivity contribution in [1.29, 1.82) is 0 Å². The lowest BCUT2D eigenvalue weighted by Gasteiger charge is -2.22. The lowest BCUT2D eigenvalue weighted by atomic mass is 9.96. The highest BCUT2D eigenvalue weighted by Gasteiger charge is 2.41. The van der Waals surface area contributed by atoms with E-state index < -0.39 is 12.0 Å². The van der Waals surface area contributed by atoms with Gasteiger partial charge in [0.2, 0.25) is 0 Å². The topological polar surface area (TPSA) is 80.7 Å². The standard InChI is InChI=1S/C18H22N2O4S/c1-11-9-14(24-16(11)15(19-2)18(21)22)17-13(5-8-25-17)23-10-12-3-6-20-7-4-12/h3-8,11,14-16,19H,9-10H2,1-2H3,(H,21,22)/t11-,14?,15?,16-/m1/s1. The zero-order valence-corrected chi connectivity index (χ0v) is 15.0. The Labute approximate surface area is 150 Å². The van der Waals surface area contributed by atoms with Crippen molar-refractivity contribution in [3.8, 4) is 5.75 Å². The fourth-order valence-electron chi connectivity index (χ4n) is 3.16. The van der Waals surface area contributed by atoms with Crippen LogP contribution in [0.4, 0.5) is 0 Å². The van der Waals surface area contributed by atoms with Gasteiger partial charge in [0, 0.05) is 12.4 Å². The van der Waals surface area contributed by atoms with E-state index in [9.17, 15) is 9.90 Å². The van der Waals surface area contributed by atoms with Gasteiger partial charge in [-0.3, -0.25) is 9.78 Å². The summed E-state index contributed by atoms with van der Waals surface area (Å²) >= 11 is 1.58. The predicted molar refractivity (Wildman–Crippen MR) is 94.8 cm³/mol. The van der Waals surface area contributed by atoms with Crippen LogP contribution in [0.2, 0.25) is 0 Å². The molecule has 2 aromatic rings. The van der Waals surface area contributed by atoms with Gasteiger partial charge in [-0.1, -0.05) is 6.92 Å². The minimum atomic E-state index is -0.889. The first-order valence-electron chi connectivity index (χ1n) is 8.24. The smallest absolute Gasteiger partial charge is 0.323 e. The Hall–Kier alpha value is -1.96. The third-order valence-corrected chi connectivity index (χ3v) is 5.46. The number of carboxylic acid groups (broad SMARTS) is 1. The highest BCUT2D eigenvalue weighted by Crippen LogP contribution is 2.44. The van der Waals surface area contributed by atoms with Gasteiger partial charge < -0.3 is 19.9 Å². The molecule has 1 fully saturated rings. The summed E-state index contributed by atoms with van der Waals surface area (Å²) in [6.45, 7) is 2.50. The zero-order valence-electron chi connectivity index (χ0n) is 14.2. The Bertz CT molecular complexity index is 706. The zero-order chi connectivity index (χ0) is 17.8. The summed E-state index contributed by atoms with van der Waals surface area (Å²) in [5, 5.41) is 14.2. The number of aromatic nitrogens is 1. The maximum atomic E-state index is 11.4. The number of thiophene rings is 1. The lowest BCUT2D eigenvalue weighted by molar-refractivity contribution is -0.144. The normalized spacial score (nSPS) is 24.2. The van der Waals surface area contributed by atoms with Gasteiger partial charge in [0.1, 0.15) is 18.4 Å². The molecule has 0 amide bonds. The number of carboxylic acids is 1. The van der Waals surface area contributed by atoms with E-state index in [1.807, 2.05) is 30.5 Å². The van der Waals surface area contributed by atoms with Gasteiger partial charge in [-0.15, -0.1) is 11.3 Å². The Morgan fingerprint density at radius 2 is 2.24 bits per heavy atom. The van der Waals surface area contributed by atoms with Crippen LogP contribution in [-0.2, 0) is 16.1 Å². The van der Waals surface area contributed by atoms with E-state index in [0.717, 1.165) is 22.6 Å². The molecule has 0 saturated carbocycles. The molecule has 134 valence electrons. The Kier molecular flexibility index (Phi) is 5.67. The van der Waals surface area contributed by atoms with Crippen molar-refractivity contribution in [3.05, 3.63) is 46.4 Å². The number of hydrogen-bond acceptors (Lipinski definition) is 6. The van der Waals surface area contributed by atoms with Crippen molar-refractivity contribution in [2.24, 2.45) is 5.92 Å². The van der Waals surface area contributed by atoms with Crippen molar-refractivity contribution in [1.82, 2.24) is 10.3 Å². The van der Waals surface area contributed by atoms with Crippen LogP contribution in [0.1, 0.15) is 29.9 Å². The molecule has 0 spiro atoms. The SMILES string of the molecule is CNC(C(=O)O)[C@@H]1OC(c2sccc2OCc2ccncc2)C[C@H]1C. The van der Waals surface area contributed by atoms with Gasteiger partial charge in [0.25, 0.3) is 0 Å². The maximum Gasteiger partial charge on any atom is 0.323 e. The summed E-state index contributed by atoms with van der Waals surface area (Å²) in [4.78, 5) is 16.4. The van der Waals surface area contributed by atoms with Gasteiger partial charge >= 0.3 is 5.97 Å². The highest BCUT2D eigenvalue weighted by molar-refractivity contribution is 7.10. The van der Waals surface area contributed by atoms with Crippen LogP contribution >= 0.6 is 11.3 Å². The third-order valence-electron chi connectivity index (χ3n) is 4.47. The molecule has 0 aliphatic carbocycles. The lowest BCUT2D eigenvalue weighted by Crippen LogP contribution is -2.46. The second-order valence-electron chi connectivity index (χ2n) is 6.20. The molecule has 3 rings (SSSR count). The number of hydrogen-bond donors (Lipinski definition) is 2. The van der Waals surface area contributed by atoms with Crippen LogP contribution < -0.4 is 10.1 Å². The van der Waals surface area contributed by atoms with Crippen LogP contribution in [0, 0.1) is 5.92 Å². The average Bonchev–Trinajstić information content (AvgIpc) is 3.21. The van der Waals surface area contributed by atoms with Crippen molar-refractivity contribution in [2.75, 3.05) is 7.05 Å². The molecule has 1 aliphatic rings. The van der Waals surface area contributed by atoms with Crippen LogP contribution in [-0.4, -0.2) is 35.3 Å². The van der Waals surface area contributed by atoms with Crippen molar-refractivity contribution >= 4 is 17.3 Å². The summed E-state index contributed by atoms with van der Waals surface area (Å²) in [7, 11) is 1.65. The number of nitrogens with one attached hydrogen (secondary N) is 1. The third kappa shape index (κ3) is 4.00. The Balaban J connectivity index is 1.69.